The highest BCUT2D eigenvalue weighted by Gasteiger charge is 2.22. The fourth-order valence-corrected chi connectivity index (χ4v) is 3.84. The van der Waals surface area contributed by atoms with Crippen molar-refractivity contribution in [1.82, 2.24) is 4.72 Å². The van der Waals surface area contributed by atoms with Crippen molar-refractivity contribution in [2.24, 2.45) is 0 Å². The van der Waals surface area contributed by atoms with E-state index in [9.17, 15) is 8.42 Å². The van der Waals surface area contributed by atoms with Gasteiger partial charge in [-0.3, -0.25) is 0 Å². The lowest BCUT2D eigenvalue weighted by molar-refractivity contribution is 0.567. The Bertz CT molecular complexity index is 763. The highest BCUT2D eigenvalue weighted by atomic mass is 35.5. The van der Waals surface area contributed by atoms with Crippen molar-refractivity contribution in [3.63, 3.8) is 0 Å². The molecule has 112 valence electrons. The van der Waals surface area contributed by atoms with Gasteiger partial charge >= 0.3 is 0 Å². The maximum absolute atomic E-state index is 12.4. The van der Waals surface area contributed by atoms with Crippen LogP contribution in [0.15, 0.2) is 47.4 Å². The van der Waals surface area contributed by atoms with Crippen LogP contribution in [0.4, 0.5) is 5.69 Å². The van der Waals surface area contributed by atoms with Crippen LogP contribution in [-0.4, -0.2) is 8.42 Å². The number of hydrogen-bond acceptors (Lipinski definition) is 3. The highest BCUT2D eigenvalue weighted by molar-refractivity contribution is 7.89. The fourth-order valence-electron chi connectivity index (χ4n) is 1.93. The van der Waals surface area contributed by atoms with Crippen LogP contribution in [0.3, 0.4) is 0 Å². The van der Waals surface area contributed by atoms with E-state index in [1.54, 1.807) is 31.2 Å². The van der Waals surface area contributed by atoms with Gasteiger partial charge in [0, 0.05) is 16.1 Å². The van der Waals surface area contributed by atoms with Crippen LogP contribution < -0.4 is 10.5 Å². The van der Waals surface area contributed by atoms with Gasteiger partial charge in [0.25, 0.3) is 0 Å². The van der Waals surface area contributed by atoms with Crippen LogP contribution >= 0.6 is 23.2 Å². The van der Waals surface area contributed by atoms with Crippen LogP contribution in [0.2, 0.25) is 10.0 Å². The monoisotopic (exact) mass is 344 g/mol. The Morgan fingerprint density at radius 3 is 2.48 bits per heavy atom. The molecule has 0 amide bonds. The minimum atomic E-state index is -3.80. The zero-order valence-corrected chi connectivity index (χ0v) is 13.5. The molecule has 0 radical (unpaired) electrons. The predicted molar refractivity (Wildman–Crippen MR) is 86.1 cm³/mol. The van der Waals surface area contributed by atoms with E-state index in [1.807, 2.05) is 0 Å². The van der Waals surface area contributed by atoms with Crippen molar-refractivity contribution in [2.75, 3.05) is 5.73 Å². The summed E-state index contributed by atoms with van der Waals surface area (Å²) in [4.78, 5) is -0.0473. The van der Waals surface area contributed by atoms with E-state index in [0.29, 0.717) is 15.6 Å². The molecule has 3 N–H and O–H groups in total. The first-order chi connectivity index (χ1) is 9.81. The van der Waals surface area contributed by atoms with Crippen LogP contribution in [0, 0.1) is 0 Å². The van der Waals surface area contributed by atoms with Gasteiger partial charge in [-0.05, 0) is 36.8 Å². The van der Waals surface area contributed by atoms with Gasteiger partial charge in [0.1, 0.15) is 4.90 Å². The topological polar surface area (TPSA) is 72.2 Å². The summed E-state index contributed by atoms with van der Waals surface area (Å²) < 4.78 is 27.4. The van der Waals surface area contributed by atoms with Gasteiger partial charge in [-0.15, -0.1) is 0 Å². The van der Waals surface area contributed by atoms with Crippen LogP contribution in [0.1, 0.15) is 18.5 Å². The van der Waals surface area contributed by atoms with E-state index < -0.39 is 16.1 Å². The lowest BCUT2D eigenvalue weighted by Crippen LogP contribution is -2.27. The summed E-state index contributed by atoms with van der Waals surface area (Å²) in [7, 11) is -3.80. The highest BCUT2D eigenvalue weighted by Crippen LogP contribution is 2.27. The Labute approximate surface area is 133 Å². The molecule has 7 heteroatoms. The molecule has 4 nitrogen and oxygen atoms in total. The molecule has 0 saturated carbocycles. The third-order valence-electron chi connectivity index (χ3n) is 2.97. The van der Waals surface area contributed by atoms with Crippen molar-refractivity contribution in [1.29, 1.82) is 0 Å². The first kappa shape index (κ1) is 16.1. The van der Waals surface area contributed by atoms with E-state index in [1.165, 1.54) is 18.2 Å². The van der Waals surface area contributed by atoms with Gasteiger partial charge in [0.2, 0.25) is 10.0 Å². The normalized spacial score (nSPS) is 13.1. The van der Waals surface area contributed by atoms with Gasteiger partial charge in [0.15, 0.2) is 0 Å². The van der Waals surface area contributed by atoms with Crippen molar-refractivity contribution in [3.05, 3.63) is 58.1 Å². The first-order valence-corrected chi connectivity index (χ1v) is 8.37. The summed E-state index contributed by atoms with van der Waals surface area (Å²) in [5, 5.41) is 0.793. The Morgan fingerprint density at radius 2 is 1.81 bits per heavy atom. The molecule has 2 aromatic rings. The molecule has 1 atom stereocenters. The Hall–Kier alpha value is -1.27. The third kappa shape index (κ3) is 3.68. The summed E-state index contributed by atoms with van der Waals surface area (Å²) >= 11 is 11.9. The van der Waals surface area contributed by atoms with E-state index in [2.05, 4.69) is 4.72 Å². The van der Waals surface area contributed by atoms with E-state index in [-0.39, 0.29) is 10.6 Å². The minimum absolute atomic E-state index is 0.0473. The zero-order chi connectivity index (χ0) is 15.6. The summed E-state index contributed by atoms with van der Waals surface area (Å²) in [6.45, 7) is 1.71. The molecule has 0 aromatic heterocycles. The molecule has 21 heavy (non-hydrogen) atoms. The molecule has 0 spiro atoms. The number of hydrogen-bond donors (Lipinski definition) is 2. The molecule has 0 heterocycles. The van der Waals surface area contributed by atoms with Gasteiger partial charge in [0.05, 0.1) is 5.69 Å². The number of benzene rings is 2. The van der Waals surface area contributed by atoms with E-state index in [4.69, 9.17) is 28.9 Å². The number of anilines is 1. The van der Waals surface area contributed by atoms with Gasteiger partial charge in [-0.1, -0.05) is 41.4 Å². The smallest absolute Gasteiger partial charge is 0.243 e. The largest absolute Gasteiger partial charge is 0.398 e. The molecule has 0 aliphatic carbocycles. The molecular formula is C14H14Cl2N2O2S. The summed E-state index contributed by atoms with van der Waals surface area (Å²) in [5.41, 5.74) is 6.54. The van der Waals surface area contributed by atoms with E-state index >= 15 is 0 Å². The van der Waals surface area contributed by atoms with Crippen LogP contribution in [0.5, 0.6) is 0 Å². The number of halogens is 2. The number of nitrogen functional groups attached to an aromatic ring is 1. The van der Waals surface area contributed by atoms with Crippen LogP contribution in [0.25, 0.3) is 0 Å². The Kier molecular flexibility index (Phi) is 4.78. The zero-order valence-electron chi connectivity index (χ0n) is 11.2. The average Bonchev–Trinajstić information content (AvgIpc) is 2.41. The fraction of sp³-hybridized carbons (Fsp3) is 0.143. The minimum Gasteiger partial charge on any atom is -0.398 e. The van der Waals surface area contributed by atoms with Crippen molar-refractivity contribution >= 4 is 38.9 Å². The second-order valence-corrected chi connectivity index (χ2v) is 7.07. The lowest BCUT2D eigenvalue weighted by Gasteiger charge is -2.17. The molecule has 0 aliphatic rings. The third-order valence-corrected chi connectivity index (χ3v) is 5.14. The van der Waals surface area contributed by atoms with Gasteiger partial charge in [-0.2, -0.15) is 0 Å². The number of rotatable bonds is 4. The standard InChI is InChI=1S/C14H14Cl2N2O2S/c1-9(11-4-2-3-5-12(11)16)18-21(19,20)14-8-10(15)6-7-13(14)17/h2-9,18H,17H2,1H3. The average molecular weight is 345 g/mol. The summed E-state index contributed by atoms with van der Waals surface area (Å²) in [6, 6.07) is 10.8. The molecular weight excluding hydrogens is 331 g/mol. The van der Waals surface area contributed by atoms with Crippen molar-refractivity contribution < 1.29 is 8.42 Å². The predicted octanol–water partition coefficient (Wildman–Crippen LogP) is 3.62. The molecule has 0 aliphatic heterocycles. The Balaban J connectivity index is 2.34. The van der Waals surface area contributed by atoms with Gasteiger partial charge in [-0.25, -0.2) is 13.1 Å². The molecule has 0 saturated heterocycles. The SMILES string of the molecule is CC(NS(=O)(=O)c1cc(Cl)ccc1N)c1ccccc1Cl. The lowest BCUT2D eigenvalue weighted by atomic mass is 10.1. The first-order valence-electron chi connectivity index (χ1n) is 6.13. The molecule has 2 aromatic carbocycles. The Morgan fingerprint density at radius 1 is 1.14 bits per heavy atom. The maximum atomic E-state index is 12.4. The summed E-state index contributed by atoms with van der Waals surface area (Å²) in [5.74, 6) is 0. The number of nitrogens with two attached hydrogens (primary N) is 1. The quantitative estimate of drug-likeness (QED) is 0.832. The maximum Gasteiger partial charge on any atom is 0.243 e. The molecule has 1 unspecified atom stereocenters. The molecule has 0 bridgehead atoms. The number of nitrogens with one attached hydrogen (secondary N) is 1. The second-order valence-electron chi connectivity index (χ2n) is 4.55. The number of sulfonamides is 1. The van der Waals surface area contributed by atoms with Gasteiger partial charge < -0.3 is 5.73 Å². The molecule has 0 fully saturated rings. The van der Waals surface area contributed by atoms with Crippen LogP contribution in [-0.2, 0) is 10.0 Å². The summed E-state index contributed by atoms with van der Waals surface area (Å²) in [6.07, 6.45) is 0. The van der Waals surface area contributed by atoms with Crippen molar-refractivity contribution in [3.8, 4) is 0 Å². The molecule has 2 rings (SSSR count). The van der Waals surface area contributed by atoms with Crippen molar-refractivity contribution in [2.45, 2.75) is 17.9 Å². The second kappa shape index (κ2) is 6.23. The van der Waals surface area contributed by atoms with E-state index in [0.717, 1.165) is 0 Å².